The lowest BCUT2D eigenvalue weighted by atomic mass is 10.2. The van der Waals surface area contributed by atoms with Gasteiger partial charge in [-0.05, 0) is 55.0 Å². The number of rotatable bonds is 3. The quantitative estimate of drug-likeness (QED) is 0.814. The van der Waals surface area contributed by atoms with E-state index < -0.39 is 15.9 Å². The fraction of sp³-hybridized carbons (Fsp3) is 0.0769. The maximum atomic E-state index is 13.1. The predicted molar refractivity (Wildman–Crippen MR) is 70.4 cm³/mol. The summed E-state index contributed by atoms with van der Waals surface area (Å²) in [4.78, 5) is -0.0960. The standard InChI is InChI=1S/C13H10ClFO3S/c1-9-8-12(6-7-13(9)15)19(16,17)18-11-4-2-10(14)3-5-11/h2-8H,1H3. The van der Waals surface area contributed by atoms with Crippen LogP contribution in [0.3, 0.4) is 0 Å². The van der Waals surface area contributed by atoms with E-state index in [0.29, 0.717) is 5.02 Å². The van der Waals surface area contributed by atoms with Crippen LogP contribution in [0.5, 0.6) is 5.75 Å². The first-order valence-corrected chi connectivity index (χ1v) is 7.13. The second-order valence-electron chi connectivity index (χ2n) is 3.90. The Morgan fingerprint density at radius 1 is 1.11 bits per heavy atom. The normalized spacial score (nSPS) is 11.3. The largest absolute Gasteiger partial charge is 0.379 e. The number of halogens is 2. The Kier molecular flexibility index (Phi) is 3.78. The third kappa shape index (κ3) is 3.24. The van der Waals surface area contributed by atoms with Crippen LogP contribution in [0.2, 0.25) is 5.02 Å². The second-order valence-corrected chi connectivity index (χ2v) is 5.89. The molecular weight excluding hydrogens is 291 g/mol. The van der Waals surface area contributed by atoms with Gasteiger partial charge in [0.1, 0.15) is 16.5 Å². The van der Waals surface area contributed by atoms with Crippen LogP contribution in [0, 0.1) is 12.7 Å². The molecule has 0 amide bonds. The van der Waals surface area contributed by atoms with Crippen LogP contribution in [0.15, 0.2) is 47.4 Å². The summed E-state index contributed by atoms with van der Waals surface area (Å²) in [5.41, 5.74) is 0.237. The van der Waals surface area contributed by atoms with Gasteiger partial charge in [-0.1, -0.05) is 11.6 Å². The van der Waals surface area contributed by atoms with E-state index in [1.807, 2.05) is 0 Å². The molecule has 19 heavy (non-hydrogen) atoms. The highest BCUT2D eigenvalue weighted by molar-refractivity contribution is 7.87. The molecule has 0 aromatic heterocycles. The van der Waals surface area contributed by atoms with Crippen molar-refractivity contribution in [2.24, 2.45) is 0 Å². The molecule has 0 unspecified atom stereocenters. The van der Waals surface area contributed by atoms with E-state index in [4.69, 9.17) is 15.8 Å². The molecule has 0 saturated heterocycles. The smallest absolute Gasteiger partial charge is 0.339 e. The Balaban J connectivity index is 2.32. The van der Waals surface area contributed by atoms with Gasteiger partial charge in [0.15, 0.2) is 0 Å². The fourth-order valence-electron chi connectivity index (χ4n) is 1.44. The molecule has 0 atom stereocenters. The SMILES string of the molecule is Cc1cc(S(=O)(=O)Oc2ccc(Cl)cc2)ccc1F. The van der Waals surface area contributed by atoms with Crippen LogP contribution in [-0.4, -0.2) is 8.42 Å². The van der Waals surface area contributed by atoms with Crippen molar-refractivity contribution < 1.29 is 17.0 Å². The topological polar surface area (TPSA) is 43.4 Å². The van der Waals surface area contributed by atoms with Gasteiger partial charge in [-0.25, -0.2) is 4.39 Å². The molecule has 0 spiro atoms. The molecule has 0 radical (unpaired) electrons. The van der Waals surface area contributed by atoms with Gasteiger partial charge < -0.3 is 4.18 Å². The predicted octanol–water partition coefficient (Wildman–Crippen LogP) is 3.56. The van der Waals surface area contributed by atoms with Crippen molar-refractivity contribution >= 4 is 21.7 Å². The van der Waals surface area contributed by atoms with Gasteiger partial charge in [0.2, 0.25) is 0 Å². The summed E-state index contributed by atoms with van der Waals surface area (Å²) in [6, 6.07) is 9.39. The molecule has 2 rings (SSSR count). The molecule has 0 fully saturated rings. The van der Waals surface area contributed by atoms with Crippen LogP contribution in [0.1, 0.15) is 5.56 Å². The Bertz CT molecular complexity index is 696. The summed E-state index contributed by atoms with van der Waals surface area (Å²) in [5, 5.41) is 0.474. The highest BCUT2D eigenvalue weighted by atomic mass is 35.5. The minimum absolute atomic E-state index is 0.0960. The van der Waals surface area contributed by atoms with Crippen LogP contribution >= 0.6 is 11.6 Å². The molecule has 0 bridgehead atoms. The maximum absolute atomic E-state index is 13.1. The average Bonchev–Trinajstić information content (AvgIpc) is 2.35. The zero-order valence-electron chi connectivity index (χ0n) is 9.93. The molecule has 3 nitrogen and oxygen atoms in total. The monoisotopic (exact) mass is 300 g/mol. The highest BCUT2D eigenvalue weighted by Crippen LogP contribution is 2.22. The highest BCUT2D eigenvalue weighted by Gasteiger charge is 2.17. The molecule has 2 aromatic carbocycles. The summed E-state index contributed by atoms with van der Waals surface area (Å²) >= 11 is 5.69. The second kappa shape index (κ2) is 5.19. The van der Waals surface area contributed by atoms with E-state index >= 15 is 0 Å². The minimum atomic E-state index is -3.98. The van der Waals surface area contributed by atoms with Crippen molar-refractivity contribution in [3.8, 4) is 5.75 Å². The molecule has 0 aliphatic heterocycles. The van der Waals surface area contributed by atoms with E-state index in [1.165, 1.54) is 37.3 Å². The summed E-state index contributed by atoms with van der Waals surface area (Å²) in [6.07, 6.45) is 0. The third-order valence-corrected chi connectivity index (χ3v) is 3.93. The van der Waals surface area contributed by atoms with E-state index in [-0.39, 0.29) is 16.2 Å². The van der Waals surface area contributed by atoms with Gasteiger partial charge in [-0.3, -0.25) is 0 Å². The van der Waals surface area contributed by atoms with Gasteiger partial charge in [0, 0.05) is 5.02 Å². The summed E-state index contributed by atoms with van der Waals surface area (Å²) in [5.74, 6) is -0.322. The first-order chi connectivity index (χ1) is 8.88. The molecule has 2 aromatic rings. The van der Waals surface area contributed by atoms with Gasteiger partial charge in [-0.15, -0.1) is 0 Å². The lowest BCUT2D eigenvalue weighted by molar-refractivity contribution is 0.485. The van der Waals surface area contributed by atoms with Crippen LogP contribution < -0.4 is 4.18 Å². The first kappa shape index (κ1) is 13.8. The zero-order valence-corrected chi connectivity index (χ0v) is 11.5. The summed E-state index contributed by atoms with van der Waals surface area (Å²) < 4.78 is 42.0. The van der Waals surface area contributed by atoms with Crippen molar-refractivity contribution in [1.29, 1.82) is 0 Å². The van der Waals surface area contributed by atoms with Gasteiger partial charge in [0.25, 0.3) is 0 Å². The lowest BCUT2D eigenvalue weighted by Crippen LogP contribution is -2.10. The fourth-order valence-corrected chi connectivity index (χ4v) is 2.58. The molecule has 0 aliphatic carbocycles. The van der Waals surface area contributed by atoms with Gasteiger partial charge >= 0.3 is 10.1 Å². The number of aryl methyl sites for hydroxylation is 1. The van der Waals surface area contributed by atoms with E-state index in [0.717, 1.165) is 12.1 Å². The Morgan fingerprint density at radius 3 is 2.32 bits per heavy atom. The molecular formula is C13H10ClFO3S. The van der Waals surface area contributed by atoms with E-state index in [2.05, 4.69) is 0 Å². The van der Waals surface area contributed by atoms with Crippen LogP contribution in [0.25, 0.3) is 0 Å². The van der Waals surface area contributed by atoms with Gasteiger partial charge in [0.05, 0.1) is 0 Å². The first-order valence-electron chi connectivity index (χ1n) is 5.35. The molecule has 0 aliphatic rings. The number of benzene rings is 2. The molecule has 100 valence electrons. The molecule has 0 N–H and O–H groups in total. The van der Waals surface area contributed by atoms with Crippen LogP contribution in [-0.2, 0) is 10.1 Å². The van der Waals surface area contributed by atoms with Gasteiger partial charge in [-0.2, -0.15) is 8.42 Å². The zero-order chi connectivity index (χ0) is 14.0. The Labute approximate surface area is 115 Å². The van der Waals surface area contributed by atoms with Crippen LogP contribution in [0.4, 0.5) is 4.39 Å². The third-order valence-electron chi connectivity index (χ3n) is 2.44. The molecule has 0 saturated carbocycles. The Hall–Kier alpha value is -1.59. The minimum Gasteiger partial charge on any atom is -0.379 e. The number of hydrogen-bond acceptors (Lipinski definition) is 3. The van der Waals surface area contributed by atoms with E-state index in [1.54, 1.807) is 0 Å². The van der Waals surface area contributed by atoms with Crippen molar-refractivity contribution in [2.45, 2.75) is 11.8 Å². The maximum Gasteiger partial charge on any atom is 0.339 e. The molecule has 6 heteroatoms. The summed E-state index contributed by atoms with van der Waals surface area (Å²) in [6.45, 7) is 1.48. The van der Waals surface area contributed by atoms with Crippen molar-refractivity contribution in [3.63, 3.8) is 0 Å². The number of hydrogen-bond donors (Lipinski definition) is 0. The van der Waals surface area contributed by atoms with Crippen molar-refractivity contribution in [3.05, 3.63) is 58.9 Å². The average molecular weight is 301 g/mol. The van der Waals surface area contributed by atoms with Crippen molar-refractivity contribution in [2.75, 3.05) is 0 Å². The van der Waals surface area contributed by atoms with E-state index in [9.17, 15) is 12.8 Å². The van der Waals surface area contributed by atoms with Crippen molar-refractivity contribution in [1.82, 2.24) is 0 Å². The summed E-state index contributed by atoms with van der Waals surface area (Å²) in [7, 11) is -3.98. The molecule has 0 heterocycles. The Morgan fingerprint density at radius 2 is 1.74 bits per heavy atom. The lowest BCUT2D eigenvalue weighted by Gasteiger charge is -2.08.